The summed E-state index contributed by atoms with van der Waals surface area (Å²) in [6, 6.07) is 9.05. The maximum atomic E-state index is 13.1. The van der Waals surface area contributed by atoms with Crippen molar-refractivity contribution in [1.29, 1.82) is 0 Å². The number of anilines is 1. The van der Waals surface area contributed by atoms with Gasteiger partial charge in [0.2, 0.25) is 5.91 Å². The lowest BCUT2D eigenvalue weighted by molar-refractivity contribution is -0.117. The zero-order chi connectivity index (χ0) is 19.9. The lowest BCUT2D eigenvalue weighted by Crippen LogP contribution is -2.45. The Hall–Kier alpha value is -2.71. The SMILES string of the molecule is Cc1cc(NC(=O)CN(CCN2CCOCC2)C(=O)c2ccccc2C)no1. The first kappa shape index (κ1) is 20.0. The number of aryl methyl sites for hydroxylation is 2. The molecule has 150 valence electrons. The second-order valence-corrected chi connectivity index (χ2v) is 6.87. The van der Waals surface area contributed by atoms with Crippen molar-refractivity contribution in [2.75, 3.05) is 51.3 Å². The van der Waals surface area contributed by atoms with E-state index in [9.17, 15) is 9.59 Å². The van der Waals surface area contributed by atoms with E-state index in [0.29, 0.717) is 43.4 Å². The molecule has 2 heterocycles. The normalized spacial score (nSPS) is 14.6. The molecule has 1 N–H and O–H groups in total. The molecule has 2 aromatic rings. The highest BCUT2D eigenvalue weighted by atomic mass is 16.5. The number of carbonyl (C=O) groups excluding carboxylic acids is 2. The monoisotopic (exact) mass is 386 g/mol. The van der Waals surface area contributed by atoms with E-state index in [0.717, 1.165) is 18.7 Å². The maximum Gasteiger partial charge on any atom is 0.254 e. The molecule has 0 spiro atoms. The first-order valence-corrected chi connectivity index (χ1v) is 9.41. The summed E-state index contributed by atoms with van der Waals surface area (Å²) in [6.07, 6.45) is 0. The Bertz CT molecular complexity index is 814. The molecule has 0 atom stereocenters. The van der Waals surface area contributed by atoms with Gasteiger partial charge in [0.1, 0.15) is 12.3 Å². The van der Waals surface area contributed by atoms with Crippen molar-refractivity contribution in [2.24, 2.45) is 0 Å². The molecule has 28 heavy (non-hydrogen) atoms. The largest absolute Gasteiger partial charge is 0.379 e. The molecule has 0 unspecified atom stereocenters. The van der Waals surface area contributed by atoms with Gasteiger partial charge < -0.3 is 19.5 Å². The lowest BCUT2D eigenvalue weighted by atomic mass is 10.1. The molecule has 0 aliphatic carbocycles. The van der Waals surface area contributed by atoms with Gasteiger partial charge in [0.25, 0.3) is 5.91 Å². The van der Waals surface area contributed by atoms with Crippen LogP contribution in [0.15, 0.2) is 34.9 Å². The molecule has 1 aromatic carbocycles. The fourth-order valence-corrected chi connectivity index (χ4v) is 3.10. The Morgan fingerprint density at radius 3 is 2.64 bits per heavy atom. The molecule has 0 bridgehead atoms. The van der Waals surface area contributed by atoms with Gasteiger partial charge in [0, 0.05) is 37.8 Å². The molecular weight excluding hydrogens is 360 g/mol. The summed E-state index contributed by atoms with van der Waals surface area (Å²) in [5, 5.41) is 6.45. The Morgan fingerprint density at radius 1 is 1.21 bits per heavy atom. The second-order valence-electron chi connectivity index (χ2n) is 6.87. The molecule has 0 radical (unpaired) electrons. The number of hydrogen-bond donors (Lipinski definition) is 1. The van der Waals surface area contributed by atoms with E-state index in [2.05, 4.69) is 15.4 Å². The number of nitrogens with one attached hydrogen (secondary N) is 1. The number of amides is 2. The van der Waals surface area contributed by atoms with Crippen LogP contribution >= 0.6 is 0 Å². The fraction of sp³-hybridized carbons (Fsp3) is 0.450. The van der Waals surface area contributed by atoms with Gasteiger partial charge in [-0.25, -0.2) is 0 Å². The number of benzene rings is 1. The highest BCUT2D eigenvalue weighted by Crippen LogP contribution is 2.12. The second kappa shape index (κ2) is 9.48. The van der Waals surface area contributed by atoms with E-state index in [1.165, 1.54) is 0 Å². The van der Waals surface area contributed by atoms with Crippen molar-refractivity contribution in [3.63, 3.8) is 0 Å². The first-order valence-electron chi connectivity index (χ1n) is 9.41. The van der Waals surface area contributed by atoms with E-state index in [1.54, 1.807) is 24.0 Å². The van der Waals surface area contributed by atoms with E-state index >= 15 is 0 Å². The summed E-state index contributed by atoms with van der Waals surface area (Å²) in [6.45, 7) is 7.78. The van der Waals surface area contributed by atoms with Crippen molar-refractivity contribution in [1.82, 2.24) is 15.0 Å². The molecule has 1 aliphatic heterocycles. The molecular formula is C20H26N4O4. The lowest BCUT2D eigenvalue weighted by Gasteiger charge is -2.30. The van der Waals surface area contributed by atoms with Gasteiger partial charge in [0.15, 0.2) is 5.82 Å². The average molecular weight is 386 g/mol. The highest BCUT2D eigenvalue weighted by Gasteiger charge is 2.22. The maximum absolute atomic E-state index is 13.1. The predicted molar refractivity (Wildman–Crippen MR) is 104 cm³/mol. The summed E-state index contributed by atoms with van der Waals surface area (Å²) in [5.41, 5.74) is 1.49. The zero-order valence-corrected chi connectivity index (χ0v) is 16.3. The number of aromatic nitrogens is 1. The van der Waals surface area contributed by atoms with E-state index in [-0.39, 0.29) is 18.4 Å². The van der Waals surface area contributed by atoms with Gasteiger partial charge in [-0.3, -0.25) is 14.5 Å². The van der Waals surface area contributed by atoms with Crippen LogP contribution in [0.5, 0.6) is 0 Å². The minimum absolute atomic E-state index is 0.0522. The fourth-order valence-electron chi connectivity index (χ4n) is 3.10. The Balaban J connectivity index is 1.68. The van der Waals surface area contributed by atoms with Gasteiger partial charge in [-0.15, -0.1) is 0 Å². The van der Waals surface area contributed by atoms with Crippen LogP contribution in [0.1, 0.15) is 21.7 Å². The molecule has 1 saturated heterocycles. The number of nitrogens with zero attached hydrogens (tertiary/aromatic N) is 3. The van der Waals surface area contributed by atoms with Gasteiger partial charge in [-0.1, -0.05) is 23.4 Å². The van der Waals surface area contributed by atoms with Crippen molar-refractivity contribution < 1.29 is 18.8 Å². The smallest absolute Gasteiger partial charge is 0.254 e. The van der Waals surface area contributed by atoms with E-state index in [1.807, 2.05) is 25.1 Å². The van der Waals surface area contributed by atoms with Crippen LogP contribution in [0, 0.1) is 13.8 Å². The van der Waals surface area contributed by atoms with Gasteiger partial charge in [-0.2, -0.15) is 0 Å². The molecule has 1 fully saturated rings. The summed E-state index contributed by atoms with van der Waals surface area (Å²) < 4.78 is 10.3. The van der Waals surface area contributed by atoms with Crippen molar-refractivity contribution in [3.05, 3.63) is 47.2 Å². The van der Waals surface area contributed by atoms with Gasteiger partial charge >= 0.3 is 0 Å². The Labute approximate surface area is 164 Å². The minimum atomic E-state index is -0.308. The third kappa shape index (κ3) is 5.40. The number of carbonyl (C=O) groups is 2. The van der Waals surface area contributed by atoms with Crippen molar-refractivity contribution in [3.8, 4) is 0 Å². The zero-order valence-electron chi connectivity index (χ0n) is 16.3. The molecule has 8 heteroatoms. The molecule has 1 aliphatic rings. The highest BCUT2D eigenvalue weighted by molar-refractivity contribution is 5.99. The molecule has 2 amide bonds. The van der Waals surface area contributed by atoms with Crippen LogP contribution in [0.25, 0.3) is 0 Å². The van der Waals surface area contributed by atoms with E-state index in [4.69, 9.17) is 9.26 Å². The standard InChI is InChI=1S/C20H26N4O4/c1-15-5-3-4-6-17(15)20(26)24(8-7-23-9-11-27-12-10-23)14-19(25)21-18-13-16(2)28-22-18/h3-6,13H,7-12,14H2,1-2H3,(H,21,22,25). The number of ether oxygens (including phenoxy) is 1. The quantitative estimate of drug-likeness (QED) is 0.779. The molecule has 0 saturated carbocycles. The van der Waals surface area contributed by atoms with Crippen LogP contribution in [0.2, 0.25) is 0 Å². The van der Waals surface area contributed by atoms with Crippen LogP contribution in [0.4, 0.5) is 5.82 Å². The van der Waals surface area contributed by atoms with Gasteiger partial charge in [0.05, 0.1) is 13.2 Å². The van der Waals surface area contributed by atoms with Crippen LogP contribution in [-0.2, 0) is 9.53 Å². The number of hydrogen-bond acceptors (Lipinski definition) is 6. The summed E-state index contributed by atoms with van der Waals surface area (Å²) in [5.74, 6) is 0.490. The Morgan fingerprint density at radius 2 is 1.96 bits per heavy atom. The van der Waals surface area contributed by atoms with Crippen LogP contribution < -0.4 is 5.32 Å². The molecule has 1 aromatic heterocycles. The minimum Gasteiger partial charge on any atom is -0.379 e. The Kier molecular flexibility index (Phi) is 6.78. The summed E-state index contributed by atoms with van der Waals surface area (Å²) in [7, 11) is 0. The average Bonchev–Trinajstić information content (AvgIpc) is 3.10. The number of rotatable bonds is 7. The van der Waals surface area contributed by atoms with Crippen molar-refractivity contribution >= 4 is 17.6 Å². The third-order valence-electron chi connectivity index (χ3n) is 4.68. The summed E-state index contributed by atoms with van der Waals surface area (Å²) >= 11 is 0. The summed E-state index contributed by atoms with van der Waals surface area (Å²) in [4.78, 5) is 29.4. The molecule has 3 rings (SSSR count). The first-order chi connectivity index (χ1) is 13.5. The molecule has 8 nitrogen and oxygen atoms in total. The number of morpholine rings is 1. The van der Waals surface area contributed by atoms with Crippen LogP contribution in [-0.4, -0.2) is 72.7 Å². The third-order valence-corrected chi connectivity index (χ3v) is 4.68. The van der Waals surface area contributed by atoms with E-state index < -0.39 is 0 Å². The van der Waals surface area contributed by atoms with Crippen LogP contribution in [0.3, 0.4) is 0 Å². The van der Waals surface area contributed by atoms with Crippen molar-refractivity contribution in [2.45, 2.75) is 13.8 Å². The topological polar surface area (TPSA) is 87.9 Å². The van der Waals surface area contributed by atoms with Gasteiger partial charge in [-0.05, 0) is 25.5 Å². The predicted octanol–water partition coefficient (Wildman–Crippen LogP) is 1.70.